The molecule has 0 atom stereocenters. The van der Waals surface area contributed by atoms with Crippen LogP contribution in [-0.2, 0) is 0 Å². The van der Waals surface area contributed by atoms with Crippen molar-refractivity contribution in [3.05, 3.63) is 164 Å². The van der Waals surface area contributed by atoms with Gasteiger partial charge in [-0.15, -0.1) is 11.3 Å². The molecule has 238 valence electrons. The molecule has 0 aliphatic heterocycles. The Morgan fingerprint density at radius 2 is 0.784 bits per heavy atom. The van der Waals surface area contributed by atoms with Gasteiger partial charge >= 0.3 is 0 Å². The summed E-state index contributed by atoms with van der Waals surface area (Å²) in [7, 11) is 0. The minimum Gasteiger partial charge on any atom is -0.278 e. The molecule has 5 nitrogen and oxygen atoms in total. The molecule has 4 heterocycles. The van der Waals surface area contributed by atoms with Gasteiger partial charge < -0.3 is 0 Å². The van der Waals surface area contributed by atoms with Crippen LogP contribution in [0.1, 0.15) is 0 Å². The average molecular weight is 670 g/mol. The second-order valence-corrected chi connectivity index (χ2v) is 13.9. The van der Waals surface area contributed by atoms with Gasteiger partial charge in [0.2, 0.25) is 11.9 Å². The monoisotopic (exact) mass is 669 g/mol. The van der Waals surface area contributed by atoms with Crippen LogP contribution in [0, 0.1) is 0 Å². The summed E-state index contributed by atoms with van der Waals surface area (Å²) in [6.45, 7) is 0. The van der Waals surface area contributed by atoms with Gasteiger partial charge in [-0.25, -0.2) is 0 Å². The van der Waals surface area contributed by atoms with E-state index < -0.39 is 0 Å². The van der Waals surface area contributed by atoms with Gasteiger partial charge in [0.15, 0.2) is 5.82 Å². The predicted molar refractivity (Wildman–Crippen MR) is 212 cm³/mol. The molecule has 0 unspecified atom stereocenters. The molecular weight excluding hydrogens is 643 g/mol. The number of fused-ring (bicyclic) bond motifs is 9. The van der Waals surface area contributed by atoms with E-state index >= 15 is 0 Å². The summed E-state index contributed by atoms with van der Waals surface area (Å²) < 4.78 is 6.94. The van der Waals surface area contributed by atoms with Crippen LogP contribution in [0.5, 0.6) is 0 Å². The smallest absolute Gasteiger partial charge is 0.240 e. The van der Waals surface area contributed by atoms with Gasteiger partial charge in [0.05, 0.1) is 22.1 Å². The summed E-state index contributed by atoms with van der Waals surface area (Å²) in [6, 6.07) is 57.8. The lowest BCUT2D eigenvalue weighted by Gasteiger charge is -2.13. The quantitative estimate of drug-likeness (QED) is 0.187. The molecule has 11 aromatic rings. The first-order chi connectivity index (χ1) is 25.3. The fraction of sp³-hybridized carbons (Fsp3) is 0. The molecule has 0 radical (unpaired) electrons. The van der Waals surface area contributed by atoms with Crippen molar-refractivity contribution in [2.45, 2.75) is 0 Å². The Balaban J connectivity index is 1.16. The Hall–Kier alpha value is -6.63. The minimum atomic E-state index is 0.577. The normalized spacial score (nSPS) is 11.9. The van der Waals surface area contributed by atoms with Crippen molar-refractivity contribution in [3.63, 3.8) is 0 Å². The Labute approximate surface area is 296 Å². The van der Waals surface area contributed by atoms with Crippen LogP contribution < -0.4 is 0 Å². The Bertz CT molecular complexity index is 2910. The molecule has 0 spiro atoms. The van der Waals surface area contributed by atoms with E-state index in [0.717, 1.165) is 54.7 Å². The van der Waals surface area contributed by atoms with E-state index in [9.17, 15) is 0 Å². The number of hydrogen-bond acceptors (Lipinski definition) is 4. The zero-order valence-electron chi connectivity index (χ0n) is 27.2. The lowest BCUT2D eigenvalue weighted by atomic mass is 9.98. The van der Waals surface area contributed by atoms with E-state index in [1.807, 2.05) is 11.3 Å². The van der Waals surface area contributed by atoms with E-state index in [-0.39, 0.29) is 0 Å². The van der Waals surface area contributed by atoms with Gasteiger partial charge in [-0.2, -0.15) is 15.0 Å². The predicted octanol–water partition coefficient (Wildman–Crippen LogP) is 11.8. The highest BCUT2D eigenvalue weighted by Crippen LogP contribution is 2.40. The van der Waals surface area contributed by atoms with Crippen LogP contribution in [-0.4, -0.2) is 24.1 Å². The van der Waals surface area contributed by atoms with E-state index in [0.29, 0.717) is 17.7 Å². The molecule has 0 saturated carbocycles. The van der Waals surface area contributed by atoms with Crippen molar-refractivity contribution in [1.29, 1.82) is 0 Å². The van der Waals surface area contributed by atoms with E-state index in [1.165, 1.54) is 25.7 Å². The highest BCUT2D eigenvalue weighted by Gasteiger charge is 2.20. The number of para-hydroxylation sites is 4. The van der Waals surface area contributed by atoms with Crippen molar-refractivity contribution >= 4 is 75.1 Å². The Kier molecular flexibility index (Phi) is 6.05. The first-order valence-corrected chi connectivity index (χ1v) is 17.9. The molecule has 0 saturated heterocycles. The molecule has 0 fully saturated rings. The zero-order valence-corrected chi connectivity index (χ0v) is 28.0. The second-order valence-electron chi connectivity index (χ2n) is 12.9. The third kappa shape index (κ3) is 4.24. The number of hydrogen-bond donors (Lipinski definition) is 0. The maximum Gasteiger partial charge on any atom is 0.240 e. The lowest BCUT2D eigenvalue weighted by Crippen LogP contribution is -2.10. The zero-order chi connectivity index (χ0) is 33.5. The summed E-state index contributed by atoms with van der Waals surface area (Å²) in [5.41, 5.74) is 7.51. The van der Waals surface area contributed by atoms with Gasteiger partial charge in [0.25, 0.3) is 0 Å². The first kappa shape index (κ1) is 28.2. The third-order valence-corrected chi connectivity index (χ3v) is 11.2. The van der Waals surface area contributed by atoms with Crippen LogP contribution in [0.2, 0.25) is 0 Å². The summed E-state index contributed by atoms with van der Waals surface area (Å²) in [6.07, 6.45) is 0. The standard InChI is InChI=1S/C45H27N5S/c1-6-18-36-31(12-1)32-13-2-7-19-37(32)49(36)44-46-43(47-45(48-44)50-38-20-8-3-14-33(38)34-15-4-9-21-39(34)50)29-26-24-28(25-27-29)30-17-11-23-41-42(30)35-16-5-10-22-40(35)51-41/h1-27H. The van der Waals surface area contributed by atoms with Crippen LogP contribution in [0.3, 0.4) is 0 Å². The highest BCUT2D eigenvalue weighted by atomic mass is 32.1. The number of rotatable bonds is 4. The summed E-state index contributed by atoms with van der Waals surface area (Å²) >= 11 is 1.84. The van der Waals surface area contributed by atoms with Crippen molar-refractivity contribution in [1.82, 2.24) is 24.1 Å². The number of nitrogens with zero attached hydrogens (tertiary/aromatic N) is 5. The maximum atomic E-state index is 5.27. The lowest BCUT2D eigenvalue weighted by molar-refractivity contribution is 0.893. The van der Waals surface area contributed by atoms with Gasteiger partial charge in [0, 0.05) is 47.3 Å². The summed E-state index contributed by atoms with van der Waals surface area (Å²) in [5.74, 6) is 1.77. The molecule has 0 aliphatic carbocycles. The summed E-state index contributed by atoms with van der Waals surface area (Å²) in [4.78, 5) is 15.7. The maximum absolute atomic E-state index is 5.27. The topological polar surface area (TPSA) is 48.5 Å². The average Bonchev–Trinajstić information content (AvgIpc) is 3.86. The van der Waals surface area contributed by atoms with Crippen LogP contribution in [0.4, 0.5) is 0 Å². The van der Waals surface area contributed by atoms with Gasteiger partial charge in [-0.05, 0) is 47.5 Å². The number of benzene rings is 7. The van der Waals surface area contributed by atoms with Crippen molar-refractivity contribution in [2.75, 3.05) is 0 Å². The van der Waals surface area contributed by atoms with Crippen molar-refractivity contribution in [2.24, 2.45) is 0 Å². The molecule has 0 bridgehead atoms. The SMILES string of the molecule is c1ccc2c(c1)sc1cccc(-c3ccc(-c4nc(-n5c6ccccc6c6ccccc65)nc(-n5c6ccccc6c6ccccc65)n4)cc3)c12. The summed E-state index contributed by atoms with van der Waals surface area (Å²) in [5, 5.41) is 7.23. The highest BCUT2D eigenvalue weighted by molar-refractivity contribution is 7.25. The van der Waals surface area contributed by atoms with Gasteiger partial charge in [-0.3, -0.25) is 9.13 Å². The Morgan fingerprint density at radius 3 is 1.31 bits per heavy atom. The molecule has 0 amide bonds. The number of aromatic nitrogens is 5. The molecule has 0 N–H and O–H groups in total. The molecule has 51 heavy (non-hydrogen) atoms. The van der Waals surface area contributed by atoms with Crippen LogP contribution >= 0.6 is 11.3 Å². The fourth-order valence-electron chi connectivity index (χ4n) is 7.77. The molecule has 0 aliphatic rings. The third-order valence-electron chi connectivity index (χ3n) is 10.0. The Morgan fingerprint density at radius 1 is 0.353 bits per heavy atom. The van der Waals surface area contributed by atoms with Gasteiger partial charge in [-0.1, -0.05) is 127 Å². The van der Waals surface area contributed by atoms with E-state index in [4.69, 9.17) is 15.0 Å². The first-order valence-electron chi connectivity index (χ1n) is 17.0. The largest absolute Gasteiger partial charge is 0.278 e. The van der Waals surface area contributed by atoms with Crippen molar-refractivity contribution < 1.29 is 0 Å². The molecule has 4 aromatic heterocycles. The second kappa shape index (κ2) is 10.9. The number of thiophene rings is 1. The molecular formula is C45H27N5S. The fourth-order valence-corrected chi connectivity index (χ4v) is 8.91. The molecule has 11 rings (SSSR count). The molecule has 6 heteroatoms. The van der Waals surface area contributed by atoms with Gasteiger partial charge in [0.1, 0.15) is 0 Å². The van der Waals surface area contributed by atoms with Crippen LogP contribution in [0.15, 0.2) is 164 Å². The van der Waals surface area contributed by atoms with Crippen molar-refractivity contribution in [3.8, 4) is 34.4 Å². The van der Waals surface area contributed by atoms with E-state index in [1.54, 1.807) is 0 Å². The van der Waals surface area contributed by atoms with E-state index in [2.05, 4.69) is 173 Å². The minimum absolute atomic E-state index is 0.577. The van der Waals surface area contributed by atoms with Crippen LogP contribution in [0.25, 0.3) is 98.2 Å². The molecule has 7 aromatic carbocycles.